The Morgan fingerprint density at radius 3 is 2.48 bits per heavy atom. The Hall–Kier alpha value is -2.89. The molecule has 2 aromatic carbocycles. The Bertz CT molecular complexity index is 1070. The summed E-state index contributed by atoms with van der Waals surface area (Å²) in [6.45, 7) is 1.97. The van der Waals surface area contributed by atoms with Gasteiger partial charge in [-0.25, -0.2) is 4.90 Å². The zero-order chi connectivity index (χ0) is 19.0. The van der Waals surface area contributed by atoms with Gasteiger partial charge in [0.25, 0.3) is 11.8 Å². The summed E-state index contributed by atoms with van der Waals surface area (Å²) < 4.78 is 0. The topological polar surface area (TPSA) is 49.4 Å². The van der Waals surface area contributed by atoms with Crippen molar-refractivity contribution in [3.63, 3.8) is 0 Å². The fourth-order valence-corrected chi connectivity index (χ4v) is 4.00. The number of halogens is 1. The minimum Gasteiger partial charge on any atom is -0.350 e. The van der Waals surface area contributed by atoms with Crippen molar-refractivity contribution in [3.8, 4) is 0 Å². The SMILES string of the molecule is Cc1cccc(NC2=C(c3cccs3)C(=O)N(c3ccccc3Cl)C2=O)c1. The lowest BCUT2D eigenvalue weighted by Crippen LogP contribution is -2.32. The van der Waals surface area contributed by atoms with Crippen LogP contribution >= 0.6 is 22.9 Å². The van der Waals surface area contributed by atoms with Gasteiger partial charge in [-0.2, -0.15) is 0 Å². The molecule has 0 aliphatic carbocycles. The summed E-state index contributed by atoms with van der Waals surface area (Å²) in [6, 6.07) is 18.2. The maximum atomic E-state index is 13.2. The van der Waals surface area contributed by atoms with Crippen molar-refractivity contribution in [1.82, 2.24) is 0 Å². The van der Waals surface area contributed by atoms with Crippen LogP contribution in [0.5, 0.6) is 0 Å². The second-order valence-electron chi connectivity index (χ2n) is 6.12. The predicted molar refractivity (Wildman–Crippen MR) is 110 cm³/mol. The van der Waals surface area contributed by atoms with Gasteiger partial charge in [0.05, 0.1) is 16.3 Å². The average molecular weight is 395 g/mol. The van der Waals surface area contributed by atoms with Crippen LogP contribution in [-0.4, -0.2) is 11.8 Å². The number of benzene rings is 2. The standard InChI is InChI=1S/C21H15ClN2O2S/c1-13-6-4-7-14(12-13)23-19-18(17-10-5-11-27-17)20(25)24(21(19)26)16-9-3-2-8-15(16)22/h2-12,23H,1H3. The van der Waals surface area contributed by atoms with Crippen LogP contribution in [0.2, 0.25) is 5.02 Å². The molecule has 0 saturated carbocycles. The third-order valence-electron chi connectivity index (χ3n) is 4.23. The highest BCUT2D eigenvalue weighted by Gasteiger charge is 2.41. The molecule has 0 spiro atoms. The maximum Gasteiger partial charge on any atom is 0.282 e. The summed E-state index contributed by atoms with van der Waals surface area (Å²) >= 11 is 7.67. The second kappa shape index (κ2) is 7.02. The number of carbonyl (C=O) groups is 2. The fraction of sp³-hybridized carbons (Fsp3) is 0.0476. The van der Waals surface area contributed by atoms with Crippen LogP contribution in [-0.2, 0) is 9.59 Å². The molecule has 0 atom stereocenters. The molecule has 27 heavy (non-hydrogen) atoms. The van der Waals surface area contributed by atoms with Crippen molar-refractivity contribution in [2.75, 3.05) is 10.2 Å². The lowest BCUT2D eigenvalue weighted by atomic mass is 10.1. The van der Waals surface area contributed by atoms with Crippen LogP contribution in [0, 0.1) is 6.92 Å². The highest BCUT2D eigenvalue weighted by molar-refractivity contribution is 7.11. The molecule has 6 heteroatoms. The quantitative estimate of drug-likeness (QED) is 0.626. The zero-order valence-corrected chi connectivity index (χ0v) is 16.0. The Kier molecular flexibility index (Phi) is 4.56. The lowest BCUT2D eigenvalue weighted by Gasteiger charge is -2.16. The zero-order valence-electron chi connectivity index (χ0n) is 14.4. The van der Waals surface area contributed by atoms with Gasteiger partial charge in [0, 0.05) is 10.6 Å². The molecule has 134 valence electrons. The van der Waals surface area contributed by atoms with Gasteiger partial charge in [0.15, 0.2) is 0 Å². The molecule has 4 nitrogen and oxygen atoms in total. The van der Waals surface area contributed by atoms with Gasteiger partial charge >= 0.3 is 0 Å². The van der Waals surface area contributed by atoms with Crippen LogP contribution in [0.4, 0.5) is 11.4 Å². The minimum absolute atomic E-state index is 0.257. The van der Waals surface area contributed by atoms with Crippen molar-refractivity contribution in [3.05, 3.63) is 87.2 Å². The third-order valence-corrected chi connectivity index (χ3v) is 5.44. The second-order valence-corrected chi connectivity index (χ2v) is 7.47. The molecular weight excluding hydrogens is 380 g/mol. The maximum absolute atomic E-state index is 13.2. The minimum atomic E-state index is -0.419. The van der Waals surface area contributed by atoms with E-state index in [4.69, 9.17) is 11.6 Å². The number of thiophene rings is 1. The van der Waals surface area contributed by atoms with Gasteiger partial charge in [0.1, 0.15) is 5.70 Å². The summed E-state index contributed by atoms with van der Waals surface area (Å²) in [5.74, 6) is -0.802. The number of para-hydroxylation sites is 1. The highest BCUT2D eigenvalue weighted by Crippen LogP contribution is 2.37. The van der Waals surface area contributed by atoms with Crippen LogP contribution < -0.4 is 10.2 Å². The van der Waals surface area contributed by atoms with E-state index in [-0.39, 0.29) is 11.6 Å². The number of amides is 2. The van der Waals surface area contributed by atoms with Crippen LogP contribution in [0.25, 0.3) is 5.57 Å². The lowest BCUT2D eigenvalue weighted by molar-refractivity contribution is -0.120. The first-order chi connectivity index (χ1) is 13.1. The molecule has 0 fully saturated rings. The van der Waals surface area contributed by atoms with E-state index in [1.165, 1.54) is 11.3 Å². The molecule has 0 radical (unpaired) electrons. The smallest absolute Gasteiger partial charge is 0.282 e. The summed E-state index contributed by atoms with van der Waals surface area (Å²) in [5, 5.41) is 5.38. The average Bonchev–Trinajstić information content (AvgIpc) is 3.24. The molecule has 3 aromatic rings. The van der Waals surface area contributed by atoms with E-state index >= 15 is 0 Å². The first kappa shape index (κ1) is 17.5. The Balaban J connectivity index is 1.82. The third kappa shape index (κ3) is 3.16. The van der Waals surface area contributed by atoms with Gasteiger partial charge in [-0.1, -0.05) is 41.9 Å². The molecule has 1 N–H and O–H groups in total. The fourth-order valence-electron chi connectivity index (χ4n) is 3.01. The molecule has 2 heterocycles. The van der Waals surface area contributed by atoms with Crippen molar-refractivity contribution in [2.24, 2.45) is 0 Å². The van der Waals surface area contributed by atoms with Crippen LogP contribution in [0.1, 0.15) is 10.4 Å². The van der Waals surface area contributed by atoms with Gasteiger partial charge in [-0.15, -0.1) is 11.3 Å². The Morgan fingerprint density at radius 1 is 0.963 bits per heavy atom. The summed E-state index contributed by atoms with van der Waals surface area (Å²) in [5.41, 5.74) is 2.80. The van der Waals surface area contributed by atoms with Gasteiger partial charge in [-0.05, 0) is 48.2 Å². The number of hydrogen-bond donors (Lipinski definition) is 1. The Morgan fingerprint density at radius 2 is 1.78 bits per heavy atom. The normalized spacial score (nSPS) is 14.2. The molecule has 1 aliphatic heterocycles. The number of nitrogens with one attached hydrogen (secondary N) is 1. The molecule has 4 rings (SSSR count). The predicted octanol–water partition coefficient (Wildman–Crippen LogP) is 5.11. The van der Waals surface area contributed by atoms with Gasteiger partial charge < -0.3 is 5.32 Å². The first-order valence-electron chi connectivity index (χ1n) is 8.31. The van der Waals surface area contributed by atoms with Crippen LogP contribution in [0.3, 0.4) is 0 Å². The van der Waals surface area contributed by atoms with E-state index in [1.807, 2.05) is 48.7 Å². The highest BCUT2D eigenvalue weighted by atomic mass is 35.5. The van der Waals surface area contributed by atoms with Gasteiger partial charge in [0.2, 0.25) is 0 Å². The van der Waals surface area contributed by atoms with E-state index in [9.17, 15) is 9.59 Å². The van der Waals surface area contributed by atoms with E-state index in [1.54, 1.807) is 24.3 Å². The van der Waals surface area contributed by atoms with Crippen LogP contribution in [0.15, 0.2) is 71.7 Å². The van der Waals surface area contributed by atoms with E-state index in [0.717, 1.165) is 21.0 Å². The number of anilines is 2. The summed E-state index contributed by atoms with van der Waals surface area (Å²) in [6.07, 6.45) is 0. The summed E-state index contributed by atoms with van der Waals surface area (Å²) in [7, 11) is 0. The van der Waals surface area contributed by atoms with Crippen molar-refractivity contribution in [1.29, 1.82) is 0 Å². The van der Waals surface area contributed by atoms with Crippen molar-refractivity contribution in [2.45, 2.75) is 6.92 Å². The number of carbonyl (C=O) groups excluding carboxylic acids is 2. The molecule has 0 unspecified atom stereocenters. The molecule has 0 saturated heterocycles. The molecule has 0 bridgehead atoms. The number of imide groups is 1. The molecule has 1 aromatic heterocycles. The number of rotatable bonds is 4. The van der Waals surface area contributed by atoms with E-state index < -0.39 is 5.91 Å². The molecular formula is C21H15ClN2O2S. The van der Waals surface area contributed by atoms with Gasteiger partial charge in [-0.3, -0.25) is 9.59 Å². The summed E-state index contributed by atoms with van der Waals surface area (Å²) in [4.78, 5) is 28.3. The molecule has 1 aliphatic rings. The first-order valence-corrected chi connectivity index (χ1v) is 9.57. The number of aryl methyl sites for hydroxylation is 1. The largest absolute Gasteiger partial charge is 0.350 e. The number of nitrogens with zero attached hydrogens (tertiary/aromatic N) is 1. The monoisotopic (exact) mass is 394 g/mol. The van der Waals surface area contributed by atoms with E-state index in [0.29, 0.717) is 16.3 Å². The van der Waals surface area contributed by atoms with Crippen molar-refractivity contribution >= 4 is 51.7 Å². The Labute approximate surface area is 165 Å². The number of hydrogen-bond acceptors (Lipinski definition) is 4. The van der Waals surface area contributed by atoms with Crippen molar-refractivity contribution < 1.29 is 9.59 Å². The van der Waals surface area contributed by atoms with E-state index in [2.05, 4.69) is 5.32 Å². The molecule has 2 amide bonds.